The number of nitrogens with one attached hydrogen (secondary N) is 3. The van der Waals surface area contributed by atoms with E-state index >= 15 is 0 Å². The van der Waals surface area contributed by atoms with Crippen LogP contribution >= 0.6 is 11.6 Å². The second kappa shape index (κ2) is 10.4. The summed E-state index contributed by atoms with van der Waals surface area (Å²) >= 11 is 6.25. The minimum atomic E-state index is -0.268. The van der Waals surface area contributed by atoms with Crippen LogP contribution in [0.1, 0.15) is 29.0 Å². The van der Waals surface area contributed by atoms with Gasteiger partial charge in [0.15, 0.2) is 5.69 Å². The van der Waals surface area contributed by atoms with Crippen molar-refractivity contribution in [3.05, 3.63) is 69.4 Å². The molecule has 4 heterocycles. The Morgan fingerprint density at radius 3 is 2.65 bits per heavy atom. The molecule has 1 fully saturated rings. The van der Waals surface area contributed by atoms with E-state index in [-0.39, 0.29) is 35.5 Å². The lowest BCUT2D eigenvalue weighted by Crippen LogP contribution is -2.43. The third kappa shape index (κ3) is 5.03. The molecule has 1 saturated heterocycles. The van der Waals surface area contributed by atoms with Gasteiger partial charge in [-0.05, 0) is 25.0 Å². The van der Waals surface area contributed by atoms with Crippen LogP contribution in [0.3, 0.4) is 0 Å². The normalized spacial score (nSPS) is 14.1. The first-order valence-corrected chi connectivity index (χ1v) is 12.1. The van der Waals surface area contributed by atoms with Crippen LogP contribution in [0.2, 0.25) is 5.02 Å². The molecule has 37 heavy (non-hydrogen) atoms. The van der Waals surface area contributed by atoms with Gasteiger partial charge in [0.1, 0.15) is 0 Å². The van der Waals surface area contributed by atoms with E-state index in [9.17, 15) is 14.4 Å². The Hall–Kier alpha value is -4.25. The molecule has 0 radical (unpaired) electrons. The molecule has 0 aliphatic carbocycles. The van der Waals surface area contributed by atoms with Gasteiger partial charge in [-0.1, -0.05) is 29.8 Å². The lowest BCUT2D eigenvalue weighted by molar-refractivity contribution is -0.126. The number of amides is 2. The van der Waals surface area contributed by atoms with E-state index in [1.807, 2.05) is 12.1 Å². The minimum Gasteiger partial charge on any atom is -0.481 e. The van der Waals surface area contributed by atoms with Gasteiger partial charge in [-0.15, -0.1) is 0 Å². The van der Waals surface area contributed by atoms with E-state index in [4.69, 9.17) is 16.3 Å². The Balaban J connectivity index is 1.18. The van der Waals surface area contributed by atoms with Crippen molar-refractivity contribution in [2.45, 2.75) is 19.4 Å². The van der Waals surface area contributed by atoms with E-state index in [2.05, 4.69) is 30.7 Å². The largest absolute Gasteiger partial charge is 0.481 e. The van der Waals surface area contributed by atoms with Crippen molar-refractivity contribution in [3.63, 3.8) is 0 Å². The van der Waals surface area contributed by atoms with Crippen LogP contribution < -0.4 is 15.6 Å². The summed E-state index contributed by atoms with van der Waals surface area (Å²) in [5.41, 5.74) is 1.79. The number of aromatic amines is 2. The summed E-state index contributed by atoms with van der Waals surface area (Å²) in [7, 11) is 1.51. The molecule has 1 aromatic carbocycles. The van der Waals surface area contributed by atoms with Crippen molar-refractivity contribution in [3.8, 4) is 17.1 Å². The topological polar surface area (TPSA) is 146 Å². The summed E-state index contributed by atoms with van der Waals surface area (Å²) in [6, 6.07) is 10.4. The number of pyridine rings is 1. The fourth-order valence-corrected chi connectivity index (χ4v) is 4.64. The number of hydrogen-bond donors (Lipinski definition) is 3. The van der Waals surface area contributed by atoms with E-state index in [0.717, 1.165) is 0 Å². The maximum Gasteiger partial charge on any atom is 0.274 e. The summed E-state index contributed by atoms with van der Waals surface area (Å²) in [5, 5.41) is 18.1. The third-order valence-corrected chi connectivity index (χ3v) is 6.79. The van der Waals surface area contributed by atoms with Gasteiger partial charge in [0.25, 0.3) is 11.5 Å². The zero-order valence-electron chi connectivity index (χ0n) is 20.0. The van der Waals surface area contributed by atoms with E-state index < -0.39 is 0 Å². The lowest BCUT2D eigenvalue weighted by Gasteiger charge is -2.30. The quantitative estimate of drug-likeness (QED) is 0.353. The SMILES string of the molecule is COc1cc(-c2cc(C(=O)N3CCC(C(=O)NCc4n[nH]c(=O)c5ccccc45)CC3)n[nH]2)c(Cl)cn1. The summed E-state index contributed by atoms with van der Waals surface area (Å²) in [6.07, 6.45) is 2.54. The number of benzene rings is 1. The van der Waals surface area contributed by atoms with Gasteiger partial charge < -0.3 is 15.0 Å². The molecule has 12 heteroatoms. The van der Waals surface area contributed by atoms with Gasteiger partial charge in [0, 0.05) is 36.0 Å². The average Bonchev–Trinajstić information content (AvgIpc) is 3.43. The van der Waals surface area contributed by atoms with Crippen molar-refractivity contribution in [2.75, 3.05) is 20.2 Å². The molecule has 3 N–H and O–H groups in total. The van der Waals surface area contributed by atoms with Crippen LogP contribution in [-0.2, 0) is 11.3 Å². The highest BCUT2D eigenvalue weighted by atomic mass is 35.5. The fourth-order valence-electron chi connectivity index (χ4n) is 4.43. The Morgan fingerprint density at radius 1 is 1.14 bits per heavy atom. The highest BCUT2D eigenvalue weighted by Gasteiger charge is 2.29. The Kier molecular flexibility index (Phi) is 6.87. The van der Waals surface area contributed by atoms with Gasteiger partial charge in [0.2, 0.25) is 11.8 Å². The molecule has 1 aliphatic heterocycles. The first-order valence-electron chi connectivity index (χ1n) is 11.7. The van der Waals surface area contributed by atoms with E-state index in [1.165, 1.54) is 13.3 Å². The number of nitrogens with zero attached hydrogens (tertiary/aromatic N) is 4. The monoisotopic (exact) mass is 521 g/mol. The van der Waals surface area contributed by atoms with Crippen LogP contribution in [0.5, 0.6) is 5.88 Å². The second-order valence-electron chi connectivity index (χ2n) is 8.70. The fraction of sp³-hybridized carbons (Fsp3) is 0.280. The molecule has 11 nitrogen and oxygen atoms in total. The van der Waals surface area contributed by atoms with Gasteiger partial charge in [-0.2, -0.15) is 10.2 Å². The van der Waals surface area contributed by atoms with Gasteiger partial charge in [0.05, 0.1) is 41.6 Å². The Labute approximate surface area is 216 Å². The number of aromatic nitrogens is 5. The van der Waals surface area contributed by atoms with Gasteiger partial charge in [-0.3, -0.25) is 19.5 Å². The first kappa shape index (κ1) is 24.4. The second-order valence-corrected chi connectivity index (χ2v) is 9.11. The van der Waals surface area contributed by atoms with Gasteiger partial charge in [-0.25, -0.2) is 10.1 Å². The number of carbonyl (C=O) groups excluding carboxylic acids is 2. The highest BCUT2D eigenvalue weighted by Crippen LogP contribution is 2.29. The number of methoxy groups -OCH3 is 1. The number of ether oxygens (including phenoxy) is 1. The number of rotatable bonds is 6. The van der Waals surface area contributed by atoms with E-state index in [1.54, 1.807) is 29.2 Å². The number of hydrogen-bond acceptors (Lipinski definition) is 7. The van der Waals surface area contributed by atoms with Gasteiger partial charge >= 0.3 is 0 Å². The van der Waals surface area contributed by atoms with Crippen molar-refractivity contribution in [1.82, 2.24) is 35.6 Å². The smallest absolute Gasteiger partial charge is 0.274 e. The molecule has 190 valence electrons. The summed E-state index contributed by atoms with van der Waals surface area (Å²) in [5.74, 6) is -0.155. The van der Waals surface area contributed by atoms with E-state index in [0.29, 0.717) is 64.6 Å². The predicted octanol–water partition coefficient (Wildman–Crippen LogP) is 2.54. The van der Waals surface area contributed by atoms with Crippen molar-refractivity contribution in [1.29, 1.82) is 0 Å². The molecule has 5 rings (SSSR count). The number of H-pyrrole nitrogens is 2. The molecule has 0 unspecified atom stereocenters. The zero-order chi connectivity index (χ0) is 25.9. The molecule has 0 bridgehead atoms. The average molecular weight is 522 g/mol. The molecule has 2 amide bonds. The summed E-state index contributed by atoms with van der Waals surface area (Å²) in [6.45, 7) is 1.07. The van der Waals surface area contributed by atoms with Crippen LogP contribution in [0.25, 0.3) is 22.0 Å². The molecule has 1 aliphatic rings. The van der Waals surface area contributed by atoms with Crippen molar-refractivity contribution in [2.24, 2.45) is 5.92 Å². The van der Waals surface area contributed by atoms with Crippen molar-refractivity contribution >= 4 is 34.2 Å². The maximum atomic E-state index is 13.0. The summed E-state index contributed by atoms with van der Waals surface area (Å²) < 4.78 is 5.15. The number of likely N-dealkylation sites (tertiary alicyclic amines) is 1. The molecule has 0 atom stereocenters. The maximum absolute atomic E-state index is 13.0. The lowest BCUT2D eigenvalue weighted by atomic mass is 9.95. The zero-order valence-corrected chi connectivity index (χ0v) is 20.7. The van der Waals surface area contributed by atoms with Crippen LogP contribution in [0.4, 0.5) is 0 Å². The Bertz CT molecular complexity index is 1530. The molecule has 0 saturated carbocycles. The first-order chi connectivity index (χ1) is 17.9. The van der Waals surface area contributed by atoms with Crippen molar-refractivity contribution < 1.29 is 14.3 Å². The summed E-state index contributed by atoms with van der Waals surface area (Å²) in [4.78, 5) is 43.5. The number of piperidine rings is 1. The molecular formula is C25H24ClN7O4. The predicted molar refractivity (Wildman–Crippen MR) is 136 cm³/mol. The molecule has 0 spiro atoms. The van der Waals surface area contributed by atoms with Crippen LogP contribution in [0.15, 0.2) is 47.4 Å². The van der Waals surface area contributed by atoms with Crippen LogP contribution in [0, 0.1) is 5.92 Å². The third-order valence-electron chi connectivity index (χ3n) is 6.48. The number of halogens is 1. The van der Waals surface area contributed by atoms with Crippen LogP contribution in [-0.4, -0.2) is 62.3 Å². The number of carbonyl (C=O) groups is 2. The highest BCUT2D eigenvalue weighted by molar-refractivity contribution is 6.33. The molecule has 3 aromatic heterocycles. The molecule has 4 aromatic rings. The number of fused-ring (bicyclic) bond motifs is 1. The molecular weight excluding hydrogens is 498 g/mol. The Morgan fingerprint density at radius 2 is 1.89 bits per heavy atom. The minimum absolute atomic E-state index is 0.104. The standard InChI is InChI=1S/C25H24ClN7O4/c1-37-22-10-17(18(26)12-27-22)19-11-20(30-29-19)25(36)33-8-6-14(7-9-33)23(34)28-13-21-15-4-2-3-5-16(15)24(35)32-31-21/h2-5,10-12,14H,6-9,13H2,1H3,(H,28,34)(H,29,30)(H,32,35).